The molecule has 0 aliphatic carbocycles. The van der Waals surface area contributed by atoms with Crippen LogP contribution in [0, 0.1) is 0 Å². The van der Waals surface area contributed by atoms with E-state index in [0.717, 1.165) is 10.9 Å². The maximum absolute atomic E-state index is 5.59. The fourth-order valence-electron chi connectivity index (χ4n) is 1.10. The van der Waals surface area contributed by atoms with Crippen LogP contribution in [0.25, 0.3) is 10.9 Å². The molecule has 2 aromatic heterocycles. The van der Waals surface area contributed by atoms with Crippen LogP contribution >= 0.6 is 0 Å². The van der Waals surface area contributed by atoms with Gasteiger partial charge in [-0.15, -0.1) is 0 Å². The fraction of sp³-hybridized carbons (Fsp3) is 0. The zero-order valence-corrected chi connectivity index (χ0v) is 5.83. The molecule has 0 unspecified atom stereocenters. The van der Waals surface area contributed by atoms with Gasteiger partial charge in [-0.3, -0.25) is 0 Å². The van der Waals surface area contributed by atoms with E-state index < -0.39 is 0 Å². The summed E-state index contributed by atoms with van der Waals surface area (Å²) >= 11 is 0. The Kier molecular flexibility index (Phi) is 1.03. The van der Waals surface area contributed by atoms with Gasteiger partial charge >= 0.3 is 0 Å². The molecule has 2 heterocycles. The van der Waals surface area contributed by atoms with Crippen LogP contribution in [-0.2, 0) is 0 Å². The highest BCUT2D eigenvalue weighted by atomic mass is 14.9. The first-order valence-corrected chi connectivity index (χ1v) is 3.26. The third-order valence-corrected chi connectivity index (χ3v) is 1.60. The van der Waals surface area contributed by atoms with Crippen molar-refractivity contribution in [2.24, 2.45) is 0 Å². The summed E-state index contributed by atoms with van der Waals surface area (Å²) in [4.78, 5) is 6.91. The molecule has 0 amide bonds. The Morgan fingerprint density at radius 3 is 3.00 bits per heavy atom. The van der Waals surface area contributed by atoms with E-state index in [0.29, 0.717) is 11.6 Å². The topological polar surface area (TPSA) is 80.7 Å². The number of nitrogen functional groups attached to an aromatic ring is 2. The molecule has 2 aromatic rings. The molecule has 5 N–H and O–H groups in total. The van der Waals surface area contributed by atoms with Crippen molar-refractivity contribution in [2.75, 3.05) is 11.5 Å². The minimum atomic E-state index is 0.442. The summed E-state index contributed by atoms with van der Waals surface area (Å²) in [7, 11) is 0. The number of pyridine rings is 1. The van der Waals surface area contributed by atoms with Crippen molar-refractivity contribution >= 4 is 22.5 Å². The Labute approximate surface area is 63.2 Å². The van der Waals surface area contributed by atoms with Gasteiger partial charge < -0.3 is 16.5 Å². The highest BCUT2D eigenvalue weighted by Gasteiger charge is 2.00. The van der Waals surface area contributed by atoms with E-state index in [-0.39, 0.29) is 0 Å². The van der Waals surface area contributed by atoms with E-state index in [2.05, 4.69) is 9.97 Å². The maximum atomic E-state index is 5.59. The molecular weight excluding hydrogens is 140 g/mol. The number of nitrogens with zero attached hydrogens (tertiary/aromatic N) is 1. The number of anilines is 2. The van der Waals surface area contributed by atoms with Gasteiger partial charge in [0.1, 0.15) is 11.6 Å². The first-order valence-electron chi connectivity index (χ1n) is 3.26. The molecule has 56 valence electrons. The molecule has 0 spiro atoms. The van der Waals surface area contributed by atoms with Crippen LogP contribution in [0.5, 0.6) is 0 Å². The second kappa shape index (κ2) is 1.88. The number of fused-ring (bicyclic) bond motifs is 1. The van der Waals surface area contributed by atoms with Gasteiger partial charge in [-0.05, 0) is 6.07 Å². The van der Waals surface area contributed by atoms with Crippen molar-refractivity contribution in [2.45, 2.75) is 0 Å². The van der Waals surface area contributed by atoms with Gasteiger partial charge in [-0.25, -0.2) is 4.98 Å². The molecule has 0 fully saturated rings. The number of hydrogen-bond donors (Lipinski definition) is 3. The van der Waals surface area contributed by atoms with E-state index in [9.17, 15) is 0 Å². The third kappa shape index (κ3) is 0.797. The summed E-state index contributed by atoms with van der Waals surface area (Å²) in [6.07, 6.45) is 1.81. The van der Waals surface area contributed by atoms with Crippen LogP contribution in [0.1, 0.15) is 0 Å². The van der Waals surface area contributed by atoms with Gasteiger partial charge in [0.05, 0.1) is 5.52 Å². The molecule has 4 heteroatoms. The lowest BCUT2D eigenvalue weighted by Crippen LogP contribution is -1.95. The molecule has 2 rings (SSSR count). The van der Waals surface area contributed by atoms with Crippen molar-refractivity contribution in [3.05, 3.63) is 18.3 Å². The SMILES string of the molecule is Nc1cc2[nH]ccc2c(N)n1. The second-order valence-electron chi connectivity index (χ2n) is 2.37. The Hall–Kier alpha value is -1.71. The molecule has 0 bridgehead atoms. The van der Waals surface area contributed by atoms with Crippen LogP contribution in [0.3, 0.4) is 0 Å². The zero-order chi connectivity index (χ0) is 7.84. The Bertz CT molecular complexity index is 390. The quantitative estimate of drug-likeness (QED) is 0.515. The largest absolute Gasteiger partial charge is 0.384 e. The predicted molar refractivity (Wildman–Crippen MR) is 44.9 cm³/mol. The van der Waals surface area contributed by atoms with Crippen molar-refractivity contribution in [1.29, 1.82) is 0 Å². The predicted octanol–water partition coefficient (Wildman–Crippen LogP) is 0.727. The van der Waals surface area contributed by atoms with E-state index in [1.165, 1.54) is 0 Å². The summed E-state index contributed by atoms with van der Waals surface area (Å²) in [6, 6.07) is 3.63. The monoisotopic (exact) mass is 148 g/mol. The molecule has 0 saturated carbocycles. The van der Waals surface area contributed by atoms with E-state index in [1.807, 2.05) is 12.3 Å². The minimum Gasteiger partial charge on any atom is -0.384 e. The standard InChI is InChI=1S/C7H8N4/c8-6-3-5-4(1-2-10-5)7(9)11-6/h1-3,10H,(H4,8,9,11). The number of rotatable bonds is 0. The highest BCUT2D eigenvalue weighted by Crippen LogP contribution is 2.19. The van der Waals surface area contributed by atoms with Gasteiger partial charge in [0.15, 0.2) is 0 Å². The zero-order valence-electron chi connectivity index (χ0n) is 5.83. The van der Waals surface area contributed by atoms with Crippen molar-refractivity contribution in [3.8, 4) is 0 Å². The normalized spacial score (nSPS) is 10.5. The van der Waals surface area contributed by atoms with Gasteiger partial charge in [-0.2, -0.15) is 0 Å². The number of H-pyrrole nitrogens is 1. The molecule has 0 saturated heterocycles. The molecule has 4 nitrogen and oxygen atoms in total. The van der Waals surface area contributed by atoms with Crippen LogP contribution in [0.4, 0.5) is 11.6 Å². The second-order valence-corrected chi connectivity index (χ2v) is 2.37. The molecule has 0 aliphatic rings. The van der Waals surface area contributed by atoms with E-state index in [1.54, 1.807) is 6.07 Å². The smallest absolute Gasteiger partial charge is 0.135 e. The maximum Gasteiger partial charge on any atom is 0.135 e. The average molecular weight is 148 g/mol. The fourth-order valence-corrected chi connectivity index (χ4v) is 1.10. The Balaban J connectivity index is 2.91. The molecule has 0 atom stereocenters. The minimum absolute atomic E-state index is 0.442. The summed E-state index contributed by atoms with van der Waals surface area (Å²) in [5.74, 6) is 0.915. The summed E-state index contributed by atoms with van der Waals surface area (Å²) in [5.41, 5.74) is 12.0. The van der Waals surface area contributed by atoms with Gasteiger partial charge in [-0.1, -0.05) is 0 Å². The van der Waals surface area contributed by atoms with Gasteiger partial charge in [0.2, 0.25) is 0 Å². The van der Waals surface area contributed by atoms with Gasteiger partial charge in [0, 0.05) is 17.6 Å². The number of nitrogens with one attached hydrogen (secondary N) is 1. The lowest BCUT2D eigenvalue weighted by Gasteiger charge is -1.96. The molecule has 11 heavy (non-hydrogen) atoms. The highest BCUT2D eigenvalue weighted by molar-refractivity contribution is 5.90. The summed E-state index contributed by atoms with van der Waals surface area (Å²) in [5, 5.41) is 0.916. The summed E-state index contributed by atoms with van der Waals surface area (Å²) < 4.78 is 0. The number of nitrogens with two attached hydrogens (primary N) is 2. The van der Waals surface area contributed by atoms with Crippen LogP contribution in [0.2, 0.25) is 0 Å². The van der Waals surface area contributed by atoms with Crippen LogP contribution in [0.15, 0.2) is 18.3 Å². The first-order chi connectivity index (χ1) is 5.27. The average Bonchev–Trinajstić information content (AvgIpc) is 2.34. The lowest BCUT2D eigenvalue weighted by molar-refractivity contribution is 1.37. The summed E-state index contributed by atoms with van der Waals surface area (Å²) in [6.45, 7) is 0. The number of hydrogen-bond acceptors (Lipinski definition) is 3. The molecular formula is C7H8N4. The van der Waals surface area contributed by atoms with Crippen LogP contribution < -0.4 is 11.5 Å². The van der Waals surface area contributed by atoms with Crippen molar-refractivity contribution in [1.82, 2.24) is 9.97 Å². The number of aromatic nitrogens is 2. The first kappa shape index (κ1) is 6.03. The molecule has 0 aliphatic heterocycles. The number of aromatic amines is 1. The molecule has 0 aromatic carbocycles. The third-order valence-electron chi connectivity index (χ3n) is 1.60. The van der Waals surface area contributed by atoms with E-state index >= 15 is 0 Å². The molecule has 0 radical (unpaired) electrons. The Morgan fingerprint density at radius 2 is 2.18 bits per heavy atom. The Morgan fingerprint density at radius 1 is 1.36 bits per heavy atom. The lowest BCUT2D eigenvalue weighted by atomic mass is 10.3. The van der Waals surface area contributed by atoms with Crippen LogP contribution in [-0.4, -0.2) is 9.97 Å². The van der Waals surface area contributed by atoms with Gasteiger partial charge in [0.25, 0.3) is 0 Å². The van der Waals surface area contributed by atoms with E-state index in [4.69, 9.17) is 11.5 Å². The van der Waals surface area contributed by atoms with Crippen molar-refractivity contribution < 1.29 is 0 Å². The van der Waals surface area contributed by atoms with Crippen molar-refractivity contribution in [3.63, 3.8) is 0 Å².